The van der Waals surface area contributed by atoms with Crippen molar-refractivity contribution in [1.29, 1.82) is 0 Å². The van der Waals surface area contributed by atoms with E-state index in [0.717, 1.165) is 20.0 Å². The summed E-state index contributed by atoms with van der Waals surface area (Å²) in [6.07, 6.45) is 0. The van der Waals surface area contributed by atoms with Crippen LogP contribution in [-0.4, -0.2) is 21.4 Å². The predicted molar refractivity (Wildman–Crippen MR) is 106 cm³/mol. The van der Waals surface area contributed by atoms with E-state index in [0.29, 0.717) is 6.54 Å². The lowest BCUT2D eigenvalue weighted by Crippen LogP contribution is -2.30. The molecule has 25 heavy (non-hydrogen) atoms. The molecule has 0 bridgehead atoms. The zero-order valence-electron chi connectivity index (χ0n) is 13.9. The highest BCUT2D eigenvalue weighted by molar-refractivity contribution is 8.02. The van der Waals surface area contributed by atoms with Gasteiger partial charge in [-0.2, -0.15) is 0 Å². The number of nitrogens with one attached hydrogen (secondary N) is 2. The van der Waals surface area contributed by atoms with Gasteiger partial charge in [0.2, 0.25) is 11.0 Å². The van der Waals surface area contributed by atoms with Crippen LogP contribution in [0.4, 0.5) is 10.8 Å². The molecule has 1 atom stereocenters. The molecule has 0 spiro atoms. The Morgan fingerprint density at radius 3 is 2.92 bits per heavy atom. The topological polar surface area (TPSA) is 66.9 Å². The van der Waals surface area contributed by atoms with Gasteiger partial charge in [0.15, 0.2) is 4.34 Å². The summed E-state index contributed by atoms with van der Waals surface area (Å²) in [6, 6.07) is 12.1. The second-order valence-corrected chi connectivity index (χ2v) is 9.02. The number of hydrogen-bond acceptors (Lipinski definition) is 7. The molecular formula is C17H18N4OS3. The first-order chi connectivity index (χ1) is 12.1. The summed E-state index contributed by atoms with van der Waals surface area (Å²) in [7, 11) is 0. The Labute approximate surface area is 158 Å². The van der Waals surface area contributed by atoms with Crippen molar-refractivity contribution in [2.45, 2.75) is 30.0 Å². The average molecular weight is 391 g/mol. The summed E-state index contributed by atoms with van der Waals surface area (Å²) < 4.78 is 0.772. The van der Waals surface area contributed by atoms with Gasteiger partial charge >= 0.3 is 0 Å². The Morgan fingerprint density at radius 1 is 1.28 bits per heavy atom. The van der Waals surface area contributed by atoms with Crippen LogP contribution >= 0.6 is 34.4 Å². The monoisotopic (exact) mass is 390 g/mol. The lowest BCUT2D eigenvalue weighted by Gasteiger charge is -2.09. The Morgan fingerprint density at radius 2 is 2.16 bits per heavy atom. The van der Waals surface area contributed by atoms with Crippen LogP contribution in [0.1, 0.15) is 17.4 Å². The first-order valence-electron chi connectivity index (χ1n) is 7.74. The van der Waals surface area contributed by atoms with Crippen molar-refractivity contribution in [2.75, 3.05) is 5.32 Å². The number of carbonyl (C=O) groups is 1. The van der Waals surface area contributed by atoms with Gasteiger partial charge in [0.1, 0.15) is 0 Å². The molecule has 0 radical (unpaired) electrons. The minimum absolute atomic E-state index is 0.00166. The Kier molecular flexibility index (Phi) is 6.06. The van der Waals surface area contributed by atoms with Crippen molar-refractivity contribution >= 4 is 51.2 Å². The minimum Gasteiger partial charge on any atom is -0.350 e. The summed E-state index contributed by atoms with van der Waals surface area (Å²) in [6.45, 7) is 4.49. The summed E-state index contributed by atoms with van der Waals surface area (Å²) >= 11 is 4.50. The number of carbonyl (C=O) groups excluding carboxylic acids is 1. The number of anilines is 2. The number of aromatic nitrogens is 2. The van der Waals surface area contributed by atoms with E-state index in [1.165, 1.54) is 28.7 Å². The number of amides is 1. The fourth-order valence-corrected chi connectivity index (χ4v) is 4.68. The molecule has 0 saturated carbocycles. The fourth-order valence-electron chi connectivity index (χ4n) is 2.09. The van der Waals surface area contributed by atoms with Gasteiger partial charge in [0.05, 0.1) is 11.8 Å². The van der Waals surface area contributed by atoms with Crippen LogP contribution in [0.3, 0.4) is 0 Å². The number of aryl methyl sites for hydroxylation is 1. The zero-order valence-corrected chi connectivity index (χ0v) is 16.3. The lowest BCUT2D eigenvalue weighted by molar-refractivity contribution is -0.120. The van der Waals surface area contributed by atoms with Crippen molar-refractivity contribution in [2.24, 2.45) is 0 Å². The van der Waals surface area contributed by atoms with Gasteiger partial charge in [0.25, 0.3) is 0 Å². The summed E-state index contributed by atoms with van der Waals surface area (Å²) in [5.74, 6) is 0.00166. The highest BCUT2D eigenvalue weighted by atomic mass is 32.2. The van der Waals surface area contributed by atoms with Gasteiger partial charge in [-0.3, -0.25) is 4.79 Å². The molecule has 2 aromatic heterocycles. The van der Waals surface area contributed by atoms with E-state index in [1.807, 2.05) is 49.6 Å². The third kappa shape index (κ3) is 5.29. The van der Waals surface area contributed by atoms with Crippen LogP contribution in [0.2, 0.25) is 0 Å². The van der Waals surface area contributed by atoms with E-state index in [-0.39, 0.29) is 11.2 Å². The molecule has 2 N–H and O–H groups in total. The first-order valence-corrected chi connectivity index (χ1v) is 10.3. The minimum atomic E-state index is -0.222. The molecule has 3 aromatic rings. The maximum Gasteiger partial charge on any atom is 0.233 e. The number of rotatable bonds is 7. The normalized spacial score (nSPS) is 11.9. The van der Waals surface area contributed by atoms with Gasteiger partial charge < -0.3 is 10.6 Å². The van der Waals surface area contributed by atoms with Crippen molar-refractivity contribution < 1.29 is 4.79 Å². The van der Waals surface area contributed by atoms with Crippen LogP contribution in [0.5, 0.6) is 0 Å². The van der Waals surface area contributed by atoms with Crippen LogP contribution in [0.25, 0.3) is 0 Å². The molecule has 0 fully saturated rings. The number of nitrogens with zero attached hydrogens (tertiary/aromatic N) is 2. The van der Waals surface area contributed by atoms with Crippen molar-refractivity contribution in [3.63, 3.8) is 0 Å². The van der Waals surface area contributed by atoms with E-state index < -0.39 is 0 Å². The third-order valence-electron chi connectivity index (χ3n) is 3.34. The van der Waals surface area contributed by atoms with Crippen LogP contribution < -0.4 is 10.6 Å². The highest BCUT2D eigenvalue weighted by Crippen LogP contribution is 2.30. The molecule has 1 unspecified atom stereocenters. The maximum absolute atomic E-state index is 12.2. The SMILES string of the molecule is Cc1cccc(Nc2nnc(SC(C)C(=O)NCc3cccs3)s2)c1. The molecule has 2 heterocycles. The molecule has 8 heteroatoms. The predicted octanol–water partition coefficient (Wildman–Crippen LogP) is 4.45. The number of hydrogen-bond donors (Lipinski definition) is 2. The van der Waals surface area contributed by atoms with Crippen molar-refractivity contribution in [3.8, 4) is 0 Å². The molecular weight excluding hydrogens is 372 g/mol. The van der Waals surface area contributed by atoms with Crippen molar-refractivity contribution in [3.05, 3.63) is 52.2 Å². The number of thioether (sulfide) groups is 1. The zero-order chi connectivity index (χ0) is 17.6. The standard InChI is InChI=1S/C17H18N4OS3/c1-11-5-3-6-13(9-11)19-16-20-21-17(25-16)24-12(2)15(22)18-10-14-7-4-8-23-14/h3-9,12H,10H2,1-2H3,(H,18,22)(H,19,20). The highest BCUT2D eigenvalue weighted by Gasteiger charge is 2.17. The molecule has 5 nitrogen and oxygen atoms in total. The van der Waals surface area contributed by atoms with Gasteiger partial charge in [-0.05, 0) is 43.0 Å². The molecule has 3 rings (SSSR count). The maximum atomic E-state index is 12.2. The fraction of sp³-hybridized carbons (Fsp3) is 0.235. The van der Waals surface area contributed by atoms with Gasteiger partial charge in [0, 0.05) is 10.6 Å². The smallest absolute Gasteiger partial charge is 0.233 e. The molecule has 1 aromatic carbocycles. The van der Waals surface area contributed by atoms with E-state index in [9.17, 15) is 4.79 Å². The number of benzene rings is 1. The molecule has 0 aliphatic carbocycles. The van der Waals surface area contributed by atoms with E-state index in [4.69, 9.17) is 0 Å². The van der Waals surface area contributed by atoms with Gasteiger partial charge in [-0.15, -0.1) is 21.5 Å². The van der Waals surface area contributed by atoms with Crippen molar-refractivity contribution in [1.82, 2.24) is 15.5 Å². The third-order valence-corrected chi connectivity index (χ3v) is 6.24. The molecule has 1 amide bonds. The van der Waals surface area contributed by atoms with E-state index in [1.54, 1.807) is 11.3 Å². The summed E-state index contributed by atoms with van der Waals surface area (Å²) in [4.78, 5) is 13.3. The van der Waals surface area contributed by atoms with E-state index in [2.05, 4.69) is 26.9 Å². The Hall–Kier alpha value is -1.90. The second-order valence-electron chi connectivity index (χ2n) is 5.42. The molecule has 0 aliphatic rings. The summed E-state index contributed by atoms with van der Waals surface area (Å²) in [5, 5.41) is 17.0. The first kappa shape index (κ1) is 17.9. The average Bonchev–Trinajstić information content (AvgIpc) is 3.24. The summed E-state index contributed by atoms with van der Waals surface area (Å²) in [5.41, 5.74) is 2.16. The molecule has 0 aliphatic heterocycles. The molecule has 130 valence electrons. The largest absolute Gasteiger partial charge is 0.350 e. The Balaban J connectivity index is 1.52. The lowest BCUT2D eigenvalue weighted by atomic mass is 10.2. The van der Waals surface area contributed by atoms with Gasteiger partial charge in [-0.1, -0.05) is 41.3 Å². The van der Waals surface area contributed by atoms with Gasteiger partial charge in [-0.25, -0.2) is 0 Å². The molecule has 0 saturated heterocycles. The second kappa shape index (κ2) is 8.46. The van der Waals surface area contributed by atoms with Crippen LogP contribution in [0, 0.1) is 6.92 Å². The quantitative estimate of drug-likeness (QED) is 0.584. The van der Waals surface area contributed by atoms with Crippen LogP contribution in [-0.2, 0) is 11.3 Å². The van der Waals surface area contributed by atoms with E-state index >= 15 is 0 Å². The Bertz CT molecular complexity index is 832. The van der Waals surface area contributed by atoms with Crippen LogP contribution in [0.15, 0.2) is 46.1 Å². The number of thiophene rings is 1.